The first-order valence-electron chi connectivity index (χ1n) is 10.5. The van der Waals surface area contributed by atoms with Crippen LogP contribution in [0, 0.1) is 4.78 Å². The van der Waals surface area contributed by atoms with Gasteiger partial charge in [-0.05, 0) is 54.4 Å². The highest BCUT2D eigenvalue weighted by molar-refractivity contribution is 7.91. The van der Waals surface area contributed by atoms with Gasteiger partial charge in [0.1, 0.15) is 4.90 Å². The summed E-state index contributed by atoms with van der Waals surface area (Å²) in [5, 5.41) is 6.57. The third-order valence-electron chi connectivity index (χ3n) is 6.27. The average Bonchev–Trinajstić information content (AvgIpc) is 3.44. The summed E-state index contributed by atoms with van der Waals surface area (Å²) in [5.41, 5.74) is 2.46. The van der Waals surface area contributed by atoms with Crippen LogP contribution >= 0.6 is 0 Å². The number of carbonyl (C=O) groups excluding carboxylic acids is 1. The quantitative estimate of drug-likeness (QED) is 0.634. The molecule has 0 fully saturated rings. The molecule has 0 radical (unpaired) electrons. The Balaban J connectivity index is 1.46. The number of urea groups is 1. The van der Waals surface area contributed by atoms with Crippen LogP contribution in [0.1, 0.15) is 47.4 Å². The molecule has 3 aliphatic rings. The van der Waals surface area contributed by atoms with Gasteiger partial charge in [0, 0.05) is 18.7 Å². The lowest BCUT2D eigenvalue weighted by Gasteiger charge is -2.22. The van der Waals surface area contributed by atoms with Crippen LogP contribution in [0.15, 0.2) is 17.2 Å². The van der Waals surface area contributed by atoms with Crippen LogP contribution < -0.4 is 14.8 Å². The fourth-order valence-electron chi connectivity index (χ4n) is 4.91. The normalized spacial score (nSPS) is 21.2. The molecule has 0 saturated heterocycles. The number of amides is 2. The summed E-state index contributed by atoms with van der Waals surface area (Å²) in [6.07, 6.45) is -0.178. The molecule has 2 atom stereocenters. The van der Waals surface area contributed by atoms with Gasteiger partial charge in [0.2, 0.25) is 5.88 Å². The van der Waals surface area contributed by atoms with E-state index in [2.05, 4.69) is 15.1 Å². The zero-order valence-corrected chi connectivity index (χ0v) is 17.9. The minimum atomic E-state index is -4.43. The molecule has 2 aliphatic carbocycles. The van der Waals surface area contributed by atoms with Gasteiger partial charge < -0.3 is 10.1 Å². The zero-order chi connectivity index (χ0) is 22.7. The van der Waals surface area contributed by atoms with E-state index in [9.17, 15) is 22.2 Å². The van der Waals surface area contributed by atoms with E-state index in [-0.39, 0.29) is 34.9 Å². The second kappa shape index (κ2) is 7.39. The maximum Gasteiger partial charge on any atom is 0.395 e. The molecule has 3 N–H and O–H groups in total. The molecule has 32 heavy (non-hydrogen) atoms. The molecule has 5 rings (SSSR count). The first kappa shape index (κ1) is 21.1. The number of rotatable bonds is 3. The van der Waals surface area contributed by atoms with Crippen LogP contribution in [0.25, 0.3) is 0 Å². The van der Waals surface area contributed by atoms with Gasteiger partial charge in [-0.1, -0.05) is 6.07 Å². The van der Waals surface area contributed by atoms with Crippen molar-refractivity contribution in [3.8, 4) is 5.88 Å². The number of nitrogens with zero attached hydrogens (tertiary/aromatic N) is 2. The van der Waals surface area contributed by atoms with E-state index >= 15 is 0 Å². The molecular formula is C20H22F3N5O3S. The number of anilines is 1. The summed E-state index contributed by atoms with van der Waals surface area (Å²) < 4.78 is 71.3. The Kier molecular flexibility index (Phi) is 4.88. The number of aromatic nitrogens is 2. The Hall–Kier alpha value is -2.76. The number of carbonyl (C=O) groups is 1. The number of hydrogen-bond donors (Lipinski definition) is 3. The van der Waals surface area contributed by atoms with E-state index in [1.165, 1.54) is 10.9 Å². The lowest BCUT2D eigenvalue weighted by Crippen LogP contribution is -2.35. The molecule has 12 heteroatoms. The van der Waals surface area contributed by atoms with Crippen molar-refractivity contribution in [1.82, 2.24) is 14.5 Å². The number of aryl methyl sites for hydroxylation is 3. The van der Waals surface area contributed by atoms with Crippen molar-refractivity contribution in [2.45, 2.75) is 62.1 Å². The smallest absolute Gasteiger partial charge is 0.395 e. The second-order valence-electron chi connectivity index (χ2n) is 8.30. The van der Waals surface area contributed by atoms with Crippen LogP contribution in [0.3, 0.4) is 0 Å². The summed E-state index contributed by atoms with van der Waals surface area (Å²) in [6, 6.07) is 0.840. The lowest BCUT2D eigenvalue weighted by molar-refractivity contribution is -0.149. The monoisotopic (exact) mass is 469 g/mol. The first-order valence-corrected chi connectivity index (χ1v) is 12.0. The lowest BCUT2D eigenvalue weighted by atomic mass is 9.93. The van der Waals surface area contributed by atoms with Crippen molar-refractivity contribution in [2.75, 3.05) is 11.9 Å². The van der Waals surface area contributed by atoms with Crippen molar-refractivity contribution < 1.29 is 26.9 Å². The van der Waals surface area contributed by atoms with Crippen LogP contribution in [-0.2, 0) is 35.7 Å². The average molecular weight is 469 g/mol. The number of halogens is 3. The molecule has 1 aliphatic heterocycles. The third kappa shape index (κ3) is 3.50. The minimum Gasteiger partial charge on any atom is -0.477 e. The summed E-state index contributed by atoms with van der Waals surface area (Å²) >= 11 is 0. The van der Waals surface area contributed by atoms with Gasteiger partial charge in [0.05, 0.1) is 18.7 Å². The molecule has 0 spiro atoms. The van der Waals surface area contributed by atoms with Crippen molar-refractivity contribution >= 4 is 21.6 Å². The number of hydrogen-bond acceptors (Lipinski definition) is 5. The maximum absolute atomic E-state index is 13.7. The Morgan fingerprint density at radius 2 is 2.06 bits per heavy atom. The van der Waals surface area contributed by atoms with Crippen LogP contribution in [0.2, 0.25) is 0 Å². The topological polar surface area (TPSA) is 109 Å². The maximum atomic E-state index is 13.7. The highest BCUT2D eigenvalue weighted by Crippen LogP contribution is 2.50. The Morgan fingerprint density at radius 1 is 1.25 bits per heavy atom. The van der Waals surface area contributed by atoms with E-state index in [0.717, 1.165) is 18.4 Å². The first-order chi connectivity index (χ1) is 15.1. The van der Waals surface area contributed by atoms with E-state index in [1.54, 1.807) is 0 Å². The number of fused-ring (bicyclic) bond motifs is 3. The summed E-state index contributed by atoms with van der Waals surface area (Å²) in [4.78, 5) is 12.7. The van der Waals surface area contributed by atoms with Crippen LogP contribution in [0.5, 0.6) is 5.88 Å². The molecule has 0 bridgehead atoms. The van der Waals surface area contributed by atoms with Gasteiger partial charge in [-0.3, -0.25) is 0 Å². The molecule has 8 nitrogen and oxygen atoms in total. The van der Waals surface area contributed by atoms with Gasteiger partial charge >= 0.3 is 12.2 Å². The number of benzene rings is 1. The standard InChI is InChI=1S/C20H22F3N5O3S/c21-20(22,23)14-6-5-12-9-11-3-1-4-13(11)17(16(12)14)26-19(29)27-32(24,30)15-10-25-28-7-2-8-31-18(15)28/h9-10,14H,1-8H2,(H3,24,26,27,29,30). The molecule has 2 amide bonds. The van der Waals surface area contributed by atoms with E-state index in [4.69, 9.17) is 9.52 Å². The Labute approximate surface area is 182 Å². The molecule has 2 heterocycles. The number of ether oxygens (including phenoxy) is 1. The van der Waals surface area contributed by atoms with Gasteiger partial charge in [0.15, 0.2) is 9.92 Å². The van der Waals surface area contributed by atoms with Gasteiger partial charge in [0.25, 0.3) is 0 Å². The summed E-state index contributed by atoms with van der Waals surface area (Å²) in [7, 11) is -3.84. The Morgan fingerprint density at radius 3 is 2.84 bits per heavy atom. The minimum absolute atomic E-state index is 0.0624. The van der Waals surface area contributed by atoms with Crippen LogP contribution in [0.4, 0.5) is 23.7 Å². The largest absolute Gasteiger partial charge is 0.477 e. The number of alkyl halides is 3. The van der Waals surface area contributed by atoms with Crippen molar-refractivity contribution in [1.29, 1.82) is 4.78 Å². The fourth-order valence-corrected chi connectivity index (χ4v) is 5.94. The zero-order valence-electron chi connectivity index (χ0n) is 17.1. The third-order valence-corrected chi connectivity index (χ3v) is 7.64. The molecule has 172 valence electrons. The van der Waals surface area contributed by atoms with E-state index in [1.807, 2.05) is 6.07 Å². The summed E-state index contributed by atoms with van der Waals surface area (Å²) in [6.45, 7) is 0.916. The SMILES string of the molecule is N=S(=O)(NC(=O)Nc1c2c(cc3c1C(C(F)(F)F)CC3)CCC2)c1cnn2c1OCCC2. The molecule has 1 aromatic carbocycles. The molecule has 2 unspecified atom stereocenters. The summed E-state index contributed by atoms with van der Waals surface area (Å²) in [5.74, 6) is -1.50. The molecule has 0 saturated carbocycles. The van der Waals surface area contributed by atoms with Gasteiger partial charge in [-0.25, -0.2) is 23.2 Å². The second-order valence-corrected chi connectivity index (χ2v) is 10.1. The molecule has 2 aromatic rings. The van der Waals surface area contributed by atoms with E-state index < -0.39 is 28.0 Å². The van der Waals surface area contributed by atoms with E-state index in [0.29, 0.717) is 37.1 Å². The molecule has 1 aromatic heterocycles. The van der Waals surface area contributed by atoms with Crippen molar-refractivity contribution in [3.05, 3.63) is 34.5 Å². The fraction of sp³-hybridized carbons (Fsp3) is 0.500. The Bertz CT molecular complexity index is 1210. The highest BCUT2D eigenvalue weighted by Gasteiger charge is 2.46. The van der Waals surface area contributed by atoms with Gasteiger partial charge in [-0.2, -0.15) is 18.3 Å². The van der Waals surface area contributed by atoms with Crippen LogP contribution in [-0.4, -0.2) is 32.8 Å². The number of nitrogens with one attached hydrogen (secondary N) is 3. The van der Waals surface area contributed by atoms with Gasteiger partial charge in [-0.15, -0.1) is 0 Å². The highest BCUT2D eigenvalue weighted by atomic mass is 32.2. The van der Waals surface area contributed by atoms with Crippen molar-refractivity contribution in [3.63, 3.8) is 0 Å². The molecular weight excluding hydrogens is 447 g/mol. The predicted octanol–water partition coefficient (Wildman–Crippen LogP) is 3.89. The van der Waals surface area contributed by atoms with Crippen molar-refractivity contribution in [2.24, 2.45) is 0 Å². The predicted molar refractivity (Wildman–Crippen MR) is 109 cm³/mol.